The second kappa shape index (κ2) is 9.99. The second-order valence-corrected chi connectivity index (χ2v) is 7.34. The van der Waals surface area contributed by atoms with Crippen LogP contribution in [0.1, 0.15) is 43.9 Å². The number of likely N-dealkylation sites (N-methyl/N-ethyl adjacent to an activating group) is 1. The van der Waals surface area contributed by atoms with Crippen LogP contribution in [0.25, 0.3) is 0 Å². The summed E-state index contributed by atoms with van der Waals surface area (Å²) in [6.07, 6.45) is 0. The highest BCUT2D eigenvalue weighted by Gasteiger charge is 2.14. The Morgan fingerprint density at radius 3 is 2.18 bits per heavy atom. The summed E-state index contributed by atoms with van der Waals surface area (Å²) in [7, 11) is 1.69. The Hall–Kier alpha value is -2.73. The average Bonchev–Trinajstić information content (AvgIpc) is 2.61. The fourth-order valence-electron chi connectivity index (χ4n) is 2.85. The smallest absolute Gasteiger partial charge is 0.238 e. The summed E-state index contributed by atoms with van der Waals surface area (Å²) in [5.41, 5.74) is 2.68. The Labute approximate surface area is 165 Å². The van der Waals surface area contributed by atoms with E-state index in [2.05, 4.69) is 36.6 Å². The fraction of sp³-hybridized carbons (Fsp3) is 0.364. The molecule has 2 N–H and O–H groups in total. The molecule has 5 nitrogen and oxygen atoms in total. The third-order valence-corrected chi connectivity index (χ3v) is 4.42. The number of anilines is 1. The molecule has 28 heavy (non-hydrogen) atoms. The van der Waals surface area contributed by atoms with Gasteiger partial charge in [0.25, 0.3) is 0 Å². The predicted molar refractivity (Wildman–Crippen MR) is 110 cm³/mol. The van der Waals surface area contributed by atoms with E-state index in [1.54, 1.807) is 18.0 Å². The van der Waals surface area contributed by atoms with Gasteiger partial charge in [0.1, 0.15) is 5.82 Å². The third-order valence-electron chi connectivity index (χ3n) is 4.42. The molecule has 0 fully saturated rings. The van der Waals surface area contributed by atoms with Crippen molar-refractivity contribution < 1.29 is 14.0 Å². The highest BCUT2D eigenvalue weighted by atomic mass is 19.1. The van der Waals surface area contributed by atoms with E-state index in [-0.39, 0.29) is 30.9 Å². The van der Waals surface area contributed by atoms with E-state index >= 15 is 0 Å². The summed E-state index contributed by atoms with van der Waals surface area (Å²) in [5, 5.41) is 5.56. The average molecular weight is 385 g/mol. The van der Waals surface area contributed by atoms with E-state index in [0.29, 0.717) is 11.6 Å². The molecule has 0 aliphatic heterocycles. The molecular weight excluding hydrogens is 357 g/mol. The number of amides is 2. The van der Waals surface area contributed by atoms with Crippen molar-refractivity contribution in [2.24, 2.45) is 0 Å². The van der Waals surface area contributed by atoms with Gasteiger partial charge in [-0.05, 0) is 49.2 Å². The molecule has 2 aromatic rings. The van der Waals surface area contributed by atoms with Crippen LogP contribution in [0.3, 0.4) is 0 Å². The van der Waals surface area contributed by atoms with Gasteiger partial charge in [-0.15, -0.1) is 0 Å². The number of hydrogen-bond acceptors (Lipinski definition) is 3. The van der Waals surface area contributed by atoms with Crippen molar-refractivity contribution in [3.63, 3.8) is 0 Å². The molecule has 2 amide bonds. The number of carbonyl (C=O) groups is 2. The van der Waals surface area contributed by atoms with Gasteiger partial charge in [0.15, 0.2) is 0 Å². The molecule has 0 bridgehead atoms. The SMILES string of the molecule is CC(C)c1ccc(C(C)NC(=O)CN(C)CC(=O)Nc2cccc(F)c2)cc1. The van der Waals surface area contributed by atoms with Crippen LogP contribution in [0.2, 0.25) is 0 Å². The number of carbonyl (C=O) groups excluding carboxylic acids is 2. The highest BCUT2D eigenvalue weighted by Crippen LogP contribution is 2.18. The Balaban J connectivity index is 1.80. The molecule has 0 spiro atoms. The number of nitrogens with one attached hydrogen (secondary N) is 2. The Morgan fingerprint density at radius 1 is 0.964 bits per heavy atom. The standard InChI is InChI=1S/C22H28FN3O2/c1-15(2)17-8-10-18(11-9-17)16(3)24-21(27)13-26(4)14-22(28)25-20-7-5-6-19(23)12-20/h5-12,15-16H,13-14H2,1-4H3,(H,24,27)(H,25,28). The lowest BCUT2D eigenvalue weighted by Crippen LogP contribution is -2.39. The van der Waals surface area contributed by atoms with E-state index < -0.39 is 5.82 Å². The third kappa shape index (κ3) is 6.78. The van der Waals surface area contributed by atoms with E-state index in [1.165, 1.54) is 23.8 Å². The van der Waals surface area contributed by atoms with Gasteiger partial charge in [-0.2, -0.15) is 0 Å². The molecule has 1 atom stereocenters. The molecule has 6 heteroatoms. The lowest BCUT2D eigenvalue weighted by Gasteiger charge is -2.19. The largest absolute Gasteiger partial charge is 0.348 e. The Kier molecular flexibility index (Phi) is 7.70. The zero-order chi connectivity index (χ0) is 20.7. The van der Waals surface area contributed by atoms with Gasteiger partial charge in [-0.25, -0.2) is 4.39 Å². The summed E-state index contributed by atoms with van der Waals surface area (Å²) in [6.45, 7) is 6.33. The quantitative estimate of drug-likeness (QED) is 0.728. The van der Waals surface area contributed by atoms with Crippen molar-refractivity contribution in [3.8, 4) is 0 Å². The molecule has 0 aromatic heterocycles. The summed E-state index contributed by atoms with van der Waals surface area (Å²) in [4.78, 5) is 25.9. The fourth-order valence-corrected chi connectivity index (χ4v) is 2.85. The van der Waals surface area contributed by atoms with Crippen LogP contribution in [0.5, 0.6) is 0 Å². The lowest BCUT2D eigenvalue weighted by molar-refractivity contribution is -0.123. The van der Waals surface area contributed by atoms with Gasteiger partial charge < -0.3 is 10.6 Å². The molecular formula is C22H28FN3O2. The number of nitrogens with zero attached hydrogens (tertiary/aromatic N) is 1. The van der Waals surface area contributed by atoms with Crippen molar-refractivity contribution in [1.82, 2.24) is 10.2 Å². The summed E-state index contributed by atoms with van der Waals surface area (Å²) >= 11 is 0. The first-order valence-electron chi connectivity index (χ1n) is 9.37. The minimum Gasteiger partial charge on any atom is -0.348 e. The van der Waals surface area contributed by atoms with Crippen molar-refractivity contribution in [2.75, 3.05) is 25.5 Å². The highest BCUT2D eigenvalue weighted by molar-refractivity contribution is 5.92. The number of rotatable bonds is 8. The molecule has 0 heterocycles. The molecule has 0 aliphatic carbocycles. The van der Waals surface area contributed by atoms with Crippen LogP contribution in [-0.2, 0) is 9.59 Å². The minimum atomic E-state index is -0.416. The van der Waals surface area contributed by atoms with Crippen LogP contribution in [0.4, 0.5) is 10.1 Å². The Bertz CT molecular complexity index is 806. The maximum Gasteiger partial charge on any atom is 0.238 e. The first-order chi connectivity index (χ1) is 13.2. The van der Waals surface area contributed by atoms with E-state index in [1.807, 2.05) is 19.1 Å². The zero-order valence-corrected chi connectivity index (χ0v) is 16.8. The van der Waals surface area contributed by atoms with Crippen LogP contribution in [0.15, 0.2) is 48.5 Å². The Morgan fingerprint density at radius 2 is 1.57 bits per heavy atom. The first-order valence-corrected chi connectivity index (χ1v) is 9.37. The molecule has 2 aromatic carbocycles. The van der Waals surface area contributed by atoms with Crippen LogP contribution < -0.4 is 10.6 Å². The molecule has 0 aliphatic rings. The van der Waals surface area contributed by atoms with E-state index in [4.69, 9.17) is 0 Å². The normalized spacial score (nSPS) is 12.1. The van der Waals surface area contributed by atoms with Gasteiger partial charge in [-0.1, -0.05) is 44.2 Å². The number of hydrogen-bond donors (Lipinski definition) is 2. The van der Waals surface area contributed by atoms with Crippen molar-refractivity contribution >= 4 is 17.5 Å². The lowest BCUT2D eigenvalue weighted by atomic mass is 9.99. The van der Waals surface area contributed by atoms with Gasteiger partial charge in [0.2, 0.25) is 11.8 Å². The molecule has 0 saturated carbocycles. The molecule has 1 unspecified atom stereocenters. The van der Waals surface area contributed by atoms with Crippen molar-refractivity contribution in [2.45, 2.75) is 32.7 Å². The summed E-state index contributed by atoms with van der Waals surface area (Å²) < 4.78 is 13.2. The summed E-state index contributed by atoms with van der Waals surface area (Å²) in [5.74, 6) is -0.424. The molecule has 0 saturated heterocycles. The van der Waals surface area contributed by atoms with Crippen LogP contribution >= 0.6 is 0 Å². The van der Waals surface area contributed by atoms with E-state index in [0.717, 1.165) is 5.56 Å². The van der Waals surface area contributed by atoms with Crippen LogP contribution in [-0.4, -0.2) is 36.9 Å². The topological polar surface area (TPSA) is 61.4 Å². The maximum atomic E-state index is 13.2. The number of benzene rings is 2. The van der Waals surface area contributed by atoms with Gasteiger partial charge >= 0.3 is 0 Å². The molecule has 0 radical (unpaired) electrons. The van der Waals surface area contributed by atoms with Crippen LogP contribution in [0, 0.1) is 5.82 Å². The second-order valence-electron chi connectivity index (χ2n) is 7.34. The van der Waals surface area contributed by atoms with Gasteiger partial charge in [0.05, 0.1) is 19.1 Å². The van der Waals surface area contributed by atoms with Gasteiger partial charge in [-0.3, -0.25) is 14.5 Å². The van der Waals surface area contributed by atoms with Crippen molar-refractivity contribution in [3.05, 3.63) is 65.5 Å². The van der Waals surface area contributed by atoms with Gasteiger partial charge in [0, 0.05) is 5.69 Å². The number of halogens is 1. The van der Waals surface area contributed by atoms with E-state index in [9.17, 15) is 14.0 Å². The monoisotopic (exact) mass is 385 g/mol. The molecule has 150 valence electrons. The minimum absolute atomic E-state index is 0.0292. The molecule has 2 rings (SSSR count). The van der Waals surface area contributed by atoms with Crippen molar-refractivity contribution in [1.29, 1.82) is 0 Å². The maximum absolute atomic E-state index is 13.2. The predicted octanol–water partition coefficient (Wildman–Crippen LogP) is 3.70. The summed E-state index contributed by atoms with van der Waals surface area (Å²) in [6, 6.07) is 13.8. The zero-order valence-electron chi connectivity index (χ0n) is 16.8. The first kappa shape index (κ1) is 21.6.